The molecule has 0 saturated carbocycles. The van der Waals surface area contributed by atoms with Crippen molar-refractivity contribution in [1.29, 1.82) is 0 Å². The van der Waals surface area contributed by atoms with Crippen LogP contribution in [0.15, 0.2) is 19.1 Å². The van der Waals surface area contributed by atoms with E-state index in [-0.39, 0.29) is 5.13 Å². The fourth-order valence-electron chi connectivity index (χ4n) is 0.816. The summed E-state index contributed by atoms with van der Waals surface area (Å²) < 4.78 is 12.9. The minimum Gasteiger partial charge on any atom is -0.611 e. The average molecular weight is 308 g/mol. The SMILES string of the molecule is C[S+]([O-])c1cnc(Sc2nnc([N+](=O)[O-])s2)s1. The zero-order valence-corrected chi connectivity index (χ0v) is 11.5. The van der Waals surface area contributed by atoms with E-state index in [0.717, 1.165) is 11.3 Å². The third-order valence-electron chi connectivity index (χ3n) is 1.47. The van der Waals surface area contributed by atoms with Crippen molar-refractivity contribution < 1.29 is 9.48 Å². The largest absolute Gasteiger partial charge is 0.611 e. The van der Waals surface area contributed by atoms with E-state index in [0.29, 0.717) is 12.9 Å². The molecule has 0 N–H and O–H groups in total. The van der Waals surface area contributed by atoms with E-state index in [1.165, 1.54) is 29.3 Å². The van der Waals surface area contributed by atoms with Crippen LogP contribution in [0.5, 0.6) is 0 Å². The molecular weight excluding hydrogens is 304 g/mol. The first-order valence-corrected chi connectivity index (χ1v) is 8.02. The molecule has 17 heavy (non-hydrogen) atoms. The van der Waals surface area contributed by atoms with E-state index < -0.39 is 16.1 Å². The van der Waals surface area contributed by atoms with Crippen LogP contribution in [0.4, 0.5) is 5.13 Å². The fourth-order valence-corrected chi connectivity index (χ4v) is 4.45. The molecule has 7 nitrogen and oxygen atoms in total. The Kier molecular flexibility index (Phi) is 3.93. The van der Waals surface area contributed by atoms with Crippen molar-refractivity contribution in [2.45, 2.75) is 12.9 Å². The Hall–Kier alpha value is -0.750. The number of nitro groups is 1. The lowest BCUT2D eigenvalue weighted by atomic mass is 11.0. The molecule has 90 valence electrons. The highest BCUT2D eigenvalue weighted by Gasteiger charge is 2.18. The van der Waals surface area contributed by atoms with Gasteiger partial charge in [-0.1, -0.05) is 11.3 Å². The van der Waals surface area contributed by atoms with Crippen molar-refractivity contribution in [3.8, 4) is 0 Å². The summed E-state index contributed by atoms with van der Waals surface area (Å²) in [4.78, 5) is 13.9. The molecule has 11 heteroatoms. The lowest BCUT2D eigenvalue weighted by molar-refractivity contribution is -0.385. The Balaban J connectivity index is 2.11. The number of hydrogen-bond acceptors (Lipinski definition) is 9. The van der Waals surface area contributed by atoms with Crippen molar-refractivity contribution in [2.75, 3.05) is 6.26 Å². The molecule has 0 aliphatic heterocycles. The summed E-state index contributed by atoms with van der Waals surface area (Å²) in [5.41, 5.74) is 0. The van der Waals surface area contributed by atoms with E-state index in [1.54, 1.807) is 6.26 Å². The van der Waals surface area contributed by atoms with Gasteiger partial charge in [0.1, 0.15) is 6.26 Å². The number of rotatable bonds is 4. The summed E-state index contributed by atoms with van der Waals surface area (Å²) >= 11 is 2.27. The molecule has 0 spiro atoms. The van der Waals surface area contributed by atoms with Crippen molar-refractivity contribution in [1.82, 2.24) is 15.2 Å². The van der Waals surface area contributed by atoms with Gasteiger partial charge in [0.15, 0.2) is 4.34 Å². The number of nitrogens with zero attached hydrogens (tertiary/aromatic N) is 4. The van der Waals surface area contributed by atoms with Crippen LogP contribution in [-0.2, 0) is 11.2 Å². The van der Waals surface area contributed by atoms with E-state index in [9.17, 15) is 14.7 Å². The molecule has 2 heterocycles. The Morgan fingerprint density at radius 1 is 1.41 bits per heavy atom. The molecule has 0 aliphatic rings. The molecule has 0 radical (unpaired) electrons. The Morgan fingerprint density at radius 2 is 2.18 bits per heavy atom. The molecule has 2 aromatic rings. The topological polar surface area (TPSA) is 105 Å². The zero-order valence-electron chi connectivity index (χ0n) is 8.22. The van der Waals surface area contributed by atoms with Gasteiger partial charge in [-0.2, -0.15) is 0 Å². The maximum Gasteiger partial charge on any atom is 0.451 e. The molecule has 0 aliphatic carbocycles. The first kappa shape index (κ1) is 12.7. The summed E-state index contributed by atoms with van der Waals surface area (Å²) in [5, 5.41) is 17.3. The number of aromatic nitrogens is 3. The van der Waals surface area contributed by atoms with Crippen molar-refractivity contribution in [3.05, 3.63) is 16.3 Å². The fraction of sp³-hybridized carbons (Fsp3) is 0.167. The summed E-state index contributed by atoms with van der Waals surface area (Å²) in [6.07, 6.45) is 3.09. The monoisotopic (exact) mass is 308 g/mol. The summed E-state index contributed by atoms with van der Waals surface area (Å²) in [7, 11) is 0. The van der Waals surface area contributed by atoms with Gasteiger partial charge in [0.05, 0.1) is 11.3 Å². The minimum absolute atomic E-state index is 0.247. The van der Waals surface area contributed by atoms with E-state index in [2.05, 4.69) is 15.2 Å². The van der Waals surface area contributed by atoms with E-state index in [4.69, 9.17) is 0 Å². The summed E-state index contributed by atoms with van der Waals surface area (Å²) in [5.74, 6) is 0. The van der Waals surface area contributed by atoms with Gasteiger partial charge >= 0.3 is 5.13 Å². The van der Waals surface area contributed by atoms with Gasteiger partial charge in [0, 0.05) is 0 Å². The second-order valence-corrected chi connectivity index (χ2v) is 7.70. The maximum atomic E-state index is 11.2. The molecule has 0 fully saturated rings. The van der Waals surface area contributed by atoms with Crippen LogP contribution in [0.25, 0.3) is 0 Å². The van der Waals surface area contributed by atoms with Crippen LogP contribution < -0.4 is 0 Å². The third-order valence-corrected chi connectivity index (χ3v) is 5.89. The van der Waals surface area contributed by atoms with Crippen LogP contribution in [0, 0.1) is 10.1 Å². The van der Waals surface area contributed by atoms with Gasteiger partial charge in [0.25, 0.3) is 0 Å². The molecule has 0 aromatic carbocycles. The second-order valence-electron chi connectivity index (χ2n) is 2.61. The molecular formula is C6H4N4O3S4. The van der Waals surface area contributed by atoms with Gasteiger partial charge in [-0.05, 0) is 44.3 Å². The maximum absolute atomic E-state index is 11.2. The molecule has 1 unspecified atom stereocenters. The zero-order chi connectivity index (χ0) is 12.4. The lowest BCUT2D eigenvalue weighted by Crippen LogP contribution is -1.91. The van der Waals surface area contributed by atoms with Crippen LogP contribution in [0.3, 0.4) is 0 Å². The molecule has 0 saturated heterocycles. The van der Waals surface area contributed by atoms with Crippen LogP contribution in [0.2, 0.25) is 0 Å². The molecule has 0 bridgehead atoms. The van der Waals surface area contributed by atoms with Gasteiger partial charge in [-0.25, -0.2) is 4.98 Å². The van der Waals surface area contributed by atoms with Gasteiger partial charge in [-0.15, -0.1) is 0 Å². The predicted octanol–water partition coefficient (Wildman–Crippen LogP) is 1.79. The first-order chi connectivity index (χ1) is 8.06. The highest BCUT2D eigenvalue weighted by Crippen LogP contribution is 2.35. The normalized spacial score (nSPS) is 12.6. The second kappa shape index (κ2) is 5.27. The van der Waals surface area contributed by atoms with Crippen molar-refractivity contribution >= 4 is 50.7 Å². The van der Waals surface area contributed by atoms with Gasteiger partial charge in [0.2, 0.25) is 8.55 Å². The molecule has 2 rings (SSSR count). The van der Waals surface area contributed by atoms with E-state index in [1.807, 2.05) is 0 Å². The van der Waals surface area contributed by atoms with Crippen LogP contribution in [-0.4, -0.2) is 30.9 Å². The minimum atomic E-state index is -1.07. The quantitative estimate of drug-likeness (QED) is 0.481. The van der Waals surface area contributed by atoms with E-state index >= 15 is 0 Å². The average Bonchev–Trinajstić information content (AvgIpc) is 2.87. The Morgan fingerprint density at radius 3 is 2.71 bits per heavy atom. The summed E-state index contributed by atoms with van der Waals surface area (Å²) in [6, 6.07) is 0. The van der Waals surface area contributed by atoms with Crippen molar-refractivity contribution in [3.63, 3.8) is 0 Å². The smallest absolute Gasteiger partial charge is 0.451 e. The lowest BCUT2D eigenvalue weighted by Gasteiger charge is -1.96. The first-order valence-electron chi connectivity index (χ1n) is 4.01. The highest BCUT2D eigenvalue weighted by molar-refractivity contribution is 8.03. The molecule has 2 aromatic heterocycles. The van der Waals surface area contributed by atoms with Crippen LogP contribution >= 0.6 is 34.4 Å². The summed E-state index contributed by atoms with van der Waals surface area (Å²) in [6.45, 7) is 0. The Labute approximate surface area is 111 Å². The standard InChI is InChI=1S/C6H4N4O3S4/c1-17(13)3-2-7-5(14-3)16-6-9-8-4(15-6)10(11)12/h2H,1H3. The molecule has 1 atom stereocenters. The van der Waals surface area contributed by atoms with Crippen LogP contribution in [0.1, 0.15) is 0 Å². The highest BCUT2D eigenvalue weighted by atomic mass is 32.2. The van der Waals surface area contributed by atoms with Crippen molar-refractivity contribution in [2.24, 2.45) is 0 Å². The van der Waals surface area contributed by atoms with Gasteiger partial charge in [-0.3, -0.25) is 0 Å². The number of thiazole rings is 1. The Bertz CT molecular complexity index is 539. The van der Waals surface area contributed by atoms with Gasteiger partial charge < -0.3 is 14.7 Å². The predicted molar refractivity (Wildman–Crippen MR) is 65.1 cm³/mol. The molecule has 0 amide bonds. The number of hydrogen-bond donors (Lipinski definition) is 0. The third kappa shape index (κ3) is 3.13.